The summed E-state index contributed by atoms with van der Waals surface area (Å²) < 4.78 is 6.15. The van der Waals surface area contributed by atoms with E-state index in [1.54, 1.807) is 0 Å². The fraction of sp³-hybridized carbons (Fsp3) is 0.933. The average Bonchev–Trinajstić information content (AvgIpc) is 2.67. The predicted octanol–water partition coefficient (Wildman–Crippen LogP) is 2.23. The fourth-order valence-electron chi connectivity index (χ4n) is 3.95. The van der Waals surface area contributed by atoms with E-state index in [2.05, 4.69) is 26.2 Å². The van der Waals surface area contributed by atoms with Gasteiger partial charge in [0.25, 0.3) is 0 Å². The van der Waals surface area contributed by atoms with Crippen molar-refractivity contribution in [1.29, 1.82) is 0 Å². The molecule has 110 valence electrons. The molecule has 1 amide bonds. The van der Waals surface area contributed by atoms with E-state index in [4.69, 9.17) is 10.6 Å². The molecular formula is C15H28N2O2. The van der Waals surface area contributed by atoms with E-state index in [9.17, 15) is 4.79 Å². The van der Waals surface area contributed by atoms with Crippen molar-refractivity contribution in [3.63, 3.8) is 0 Å². The number of amides is 1. The first-order valence-electron chi connectivity index (χ1n) is 7.28. The van der Waals surface area contributed by atoms with Crippen LogP contribution in [-0.2, 0) is 9.53 Å². The maximum atomic E-state index is 11.7. The zero-order chi connectivity index (χ0) is 14.5. The second-order valence-electron chi connectivity index (χ2n) is 7.77. The normalized spacial score (nSPS) is 36.5. The van der Waals surface area contributed by atoms with Crippen LogP contribution in [0.15, 0.2) is 0 Å². The number of hydrazine groups is 1. The zero-order valence-electron chi connectivity index (χ0n) is 12.9. The van der Waals surface area contributed by atoms with Gasteiger partial charge in [0, 0.05) is 0 Å². The molecule has 0 heterocycles. The Morgan fingerprint density at radius 2 is 2.05 bits per heavy atom. The number of hydrogen-bond acceptors (Lipinski definition) is 3. The third-order valence-electron chi connectivity index (χ3n) is 6.11. The number of fused-ring (bicyclic) bond motifs is 2. The molecular weight excluding hydrogens is 240 g/mol. The Morgan fingerprint density at radius 1 is 1.42 bits per heavy atom. The van der Waals surface area contributed by atoms with Crippen molar-refractivity contribution in [2.45, 2.75) is 60.0 Å². The maximum Gasteiger partial charge on any atom is 0.241 e. The molecule has 0 radical (unpaired) electrons. The summed E-state index contributed by atoms with van der Waals surface area (Å²) in [6, 6.07) is 0. The lowest BCUT2D eigenvalue weighted by Gasteiger charge is -2.39. The molecule has 2 aliphatic rings. The number of carbonyl (C=O) groups excluding carboxylic acids is 1. The van der Waals surface area contributed by atoms with Crippen molar-refractivity contribution in [3.05, 3.63) is 0 Å². The lowest BCUT2D eigenvalue weighted by molar-refractivity contribution is -0.137. The third-order valence-corrected chi connectivity index (χ3v) is 6.11. The molecule has 0 aromatic carbocycles. The van der Waals surface area contributed by atoms with Gasteiger partial charge in [-0.3, -0.25) is 10.2 Å². The predicted molar refractivity (Wildman–Crippen MR) is 75.1 cm³/mol. The SMILES string of the molecule is CC(C)(COC1CC2CCC1(C)C2(C)C)C(=O)NN. The highest BCUT2D eigenvalue weighted by molar-refractivity contribution is 5.81. The molecule has 3 atom stereocenters. The van der Waals surface area contributed by atoms with Crippen LogP contribution in [0.1, 0.15) is 53.9 Å². The summed E-state index contributed by atoms with van der Waals surface area (Å²) >= 11 is 0. The molecule has 0 aromatic heterocycles. The number of ether oxygens (including phenoxy) is 1. The van der Waals surface area contributed by atoms with E-state index in [-0.39, 0.29) is 17.4 Å². The summed E-state index contributed by atoms with van der Waals surface area (Å²) in [7, 11) is 0. The molecule has 2 aliphatic carbocycles. The molecule has 4 heteroatoms. The Kier molecular flexibility index (Phi) is 3.47. The number of nitrogens with two attached hydrogens (primary N) is 1. The molecule has 2 saturated carbocycles. The van der Waals surface area contributed by atoms with Gasteiger partial charge in [0.2, 0.25) is 5.91 Å². The van der Waals surface area contributed by atoms with Gasteiger partial charge in [0.05, 0.1) is 18.1 Å². The first kappa shape index (κ1) is 14.8. The highest BCUT2D eigenvalue weighted by Crippen LogP contribution is 2.66. The summed E-state index contributed by atoms with van der Waals surface area (Å²) in [6.07, 6.45) is 3.95. The summed E-state index contributed by atoms with van der Waals surface area (Å²) in [4.78, 5) is 11.7. The van der Waals surface area contributed by atoms with E-state index in [0.717, 1.165) is 12.3 Å². The molecule has 2 bridgehead atoms. The van der Waals surface area contributed by atoms with Crippen LogP contribution in [0.2, 0.25) is 0 Å². The minimum Gasteiger partial charge on any atom is -0.377 e. The van der Waals surface area contributed by atoms with Crippen molar-refractivity contribution in [1.82, 2.24) is 5.43 Å². The van der Waals surface area contributed by atoms with Gasteiger partial charge in [-0.25, -0.2) is 5.84 Å². The van der Waals surface area contributed by atoms with Gasteiger partial charge in [0.15, 0.2) is 0 Å². The van der Waals surface area contributed by atoms with Crippen LogP contribution in [0, 0.1) is 22.2 Å². The quantitative estimate of drug-likeness (QED) is 0.467. The lowest BCUT2D eigenvalue weighted by Crippen LogP contribution is -2.45. The van der Waals surface area contributed by atoms with Gasteiger partial charge >= 0.3 is 0 Å². The van der Waals surface area contributed by atoms with E-state index in [0.29, 0.717) is 12.0 Å². The second-order valence-corrected chi connectivity index (χ2v) is 7.77. The Labute approximate surface area is 116 Å². The highest BCUT2D eigenvalue weighted by atomic mass is 16.5. The fourth-order valence-corrected chi connectivity index (χ4v) is 3.95. The van der Waals surface area contributed by atoms with Gasteiger partial charge in [-0.05, 0) is 49.9 Å². The summed E-state index contributed by atoms with van der Waals surface area (Å²) in [5, 5.41) is 0. The molecule has 19 heavy (non-hydrogen) atoms. The van der Waals surface area contributed by atoms with E-state index >= 15 is 0 Å². The van der Waals surface area contributed by atoms with Crippen LogP contribution in [0.4, 0.5) is 0 Å². The maximum absolute atomic E-state index is 11.7. The minimum atomic E-state index is -0.572. The smallest absolute Gasteiger partial charge is 0.241 e. The first-order valence-corrected chi connectivity index (χ1v) is 7.28. The van der Waals surface area contributed by atoms with Crippen LogP contribution in [0.25, 0.3) is 0 Å². The largest absolute Gasteiger partial charge is 0.377 e. The second kappa shape index (κ2) is 4.45. The Hall–Kier alpha value is -0.610. The molecule has 4 nitrogen and oxygen atoms in total. The van der Waals surface area contributed by atoms with Gasteiger partial charge in [-0.1, -0.05) is 20.8 Å². The molecule has 2 rings (SSSR count). The monoisotopic (exact) mass is 268 g/mol. The minimum absolute atomic E-state index is 0.167. The molecule has 2 fully saturated rings. The lowest BCUT2D eigenvalue weighted by atomic mass is 9.70. The van der Waals surface area contributed by atoms with E-state index < -0.39 is 5.41 Å². The molecule has 0 aliphatic heterocycles. The molecule has 3 N–H and O–H groups in total. The van der Waals surface area contributed by atoms with Gasteiger partial charge in [-0.15, -0.1) is 0 Å². The van der Waals surface area contributed by atoms with Crippen LogP contribution >= 0.6 is 0 Å². The number of nitrogens with one attached hydrogen (secondary N) is 1. The zero-order valence-corrected chi connectivity index (χ0v) is 12.9. The van der Waals surface area contributed by atoms with E-state index in [1.807, 2.05) is 13.8 Å². The van der Waals surface area contributed by atoms with Crippen molar-refractivity contribution in [3.8, 4) is 0 Å². The van der Waals surface area contributed by atoms with Gasteiger partial charge < -0.3 is 4.74 Å². The molecule has 0 aromatic rings. The molecule has 0 saturated heterocycles. The third kappa shape index (κ3) is 2.09. The van der Waals surface area contributed by atoms with Crippen molar-refractivity contribution >= 4 is 5.91 Å². The molecule has 3 unspecified atom stereocenters. The summed E-state index contributed by atoms with van der Waals surface area (Å²) in [5.41, 5.74) is 2.24. The highest BCUT2D eigenvalue weighted by Gasteiger charge is 2.62. The summed E-state index contributed by atoms with van der Waals surface area (Å²) in [6.45, 7) is 11.3. The van der Waals surface area contributed by atoms with Crippen LogP contribution < -0.4 is 11.3 Å². The van der Waals surface area contributed by atoms with E-state index in [1.165, 1.54) is 12.8 Å². The number of hydrogen-bond donors (Lipinski definition) is 2. The van der Waals surface area contributed by atoms with Crippen LogP contribution in [0.3, 0.4) is 0 Å². The Morgan fingerprint density at radius 3 is 2.47 bits per heavy atom. The van der Waals surface area contributed by atoms with Crippen LogP contribution in [-0.4, -0.2) is 18.6 Å². The van der Waals surface area contributed by atoms with Crippen molar-refractivity contribution in [2.75, 3.05) is 6.61 Å². The Bertz CT molecular complexity index is 378. The van der Waals surface area contributed by atoms with Crippen LogP contribution in [0.5, 0.6) is 0 Å². The van der Waals surface area contributed by atoms with Crippen molar-refractivity contribution in [2.24, 2.45) is 28.0 Å². The van der Waals surface area contributed by atoms with Gasteiger partial charge in [-0.2, -0.15) is 0 Å². The summed E-state index contributed by atoms with van der Waals surface area (Å²) in [5.74, 6) is 5.81. The Balaban J connectivity index is 2.01. The molecule has 0 spiro atoms. The number of carbonyl (C=O) groups is 1. The number of rotatable bonds is 4. The van der Waals surface area contributed by atoms with Crippen molar-refractivity contribution < 1.29 is 9.53 Å². The standard InChI is InChI=1S/C15H28N2O2/c1-13(2,12(18)17-16)9-19-11-8-10-6-7-15(11,5)14(10,3)4/h10-11H,6-9,16H2,1-5H3,(H,17,18). The first-order chi connectivity index (χ1) is 8.65. The topological polar surface area (TPSA) is 64.3 Å². The average molecular weight is 268 g/mol. The van der Waals surface area contributed by atoms with Gasteiger partial charge in [0.1, 0.15) is 0 Å².